The Morgan fingerprint density at radius 2 is 2.25 bits per heavy atom. The van der Waals surface area contributed by atoms with E-state index in [-0.39, 0.29) is 0 Å². The van der Waals surface area contributed by atoms with E-state index < -0.39 is 0 Å². The molecular formula is C7H5N3S2. The average molecular weight is 195 g/mol. The Hall–Kier alpha value is -0.940. The number of nitrogens with zero attached hydrogens (tertiary/aromatic N) is 2. The molecule has 12 heavy (non-hydrogen) atoms. The molecule has 0 radical (unpaired) electrons. The number of rotatable bonds is 0. The van der Waals surface area contributed by atoms with Crippen molar-refractivity contribution in [1.29, 1.82) is 0 Å². The quantitative estimate of drug-likeness (QED) is 0.499. The molecule has 0 aliphatic carbocycles. The first-order valence-corrected chi connectivity index (χ1v) is 4.17. The number of H-pyrrole nitrogens is 1. The van der Waals surface area contributed by atoms with Crippen molar-refractivity contribution in [1.82, 2.24) is 15.4 Å². The highest BCUT2D eigenvalue weighted by Crippen LogP contribution is 2.18. The molecule has 0 aliphatic heterocycles. The highest BCUT2D eigenvalue weighted by molar-refractivity contribution is 7.80. The summed E-state index contributed by atoms with van der Waals surface area (Å²) in [5, 5.41) is 11.0. The van der Waals surface area contributed by atoms with Gasteiger partial charge in [-0.3, -0.25) is 5.10 Å². The third-order valence-electron chi connectivity index (χ3n) is 1.57. The van der Waals surface area contributed by atoms with Crippen LogP contribution in [0.4, 0.5) is 0 Å². The standard InChI is InChI=1S/C7H5N3S2/c11-5-3-1-2-4-6(5)7(12)9-10-8-4/h1-3,11H,(H,8,9,12). The SMILES string of the molecule is S=c1nn[nH]c2cccc(S)c12. The smallest absolute Gasteiger partial charge is 0.160 e. The summed E-state index contributed by atoms with van der Waals surface area (Å²) in [5.41, 5.74) is 0.863. The first-order chi connectivity index (χ1) is 5.79. The van der Waals surface area contributed by atoms with E-state index in [1.165, 1.54) is 0 Å². The Morgan fingerprint density at radius 1 is 1.42 bits per heavy atom. The molecular weight excluding hydrogens is 190 g/mol. The minimum Gasteiger partial charge on any atom is -0.259 e. The van der Waals surface area contributed by atoms with E-state index in [0.29, 0.717) is 4.64 Å². The van der Waals surface area contributed by atoms with Gasteiger partial charge < -0.3 is 0 Å². The summed E-state index contributed by atoms with van der Waals surface area (Å²) in [6.07, 6.45) is 0. The first-order valence-electron chi connectivity index (χ1n) is 3.32. The third-order valence-corrected chi connectivity index (χ3v) is 2.23. The predicted molar refractivity (Wildman–Crippen MR) is 52.0 cm³/mol. The van der Waals surface area contributed by atoms with Gasteiger partial charge >= 0.3 is 0 Å². The largest absolute Gasteiger partial charge is 0.259 e. The molecule has 0 saturated heterocycles. The zero-order valence-corrected chi connectivity index (χ0v) is 7.69. The highest BCUT2D eigenvalue weighted by atomic mass is 32.1. The van der Waals surface area contributed by atoms with Gasteiger partial charge in [0.05, 0.1) is 10.9 Å². The van der Waals surface area contributed by atoms with Crippen molar-refractivity contribution in [3.05, 3.63) is 22.8 Å². The molecule has 1 N–H and O–H groups in total. The van der Waals surface area contributed by atoms with Gasteiger partial charge in [-0.25, -0.2) is 0 Å². The Kier molecular flexibility index (Phi) is 1.82. The number of aromatic amines is 1. The lowest BCUT2D eigenvalue weighted by atomic mass is 10.2. The van der Waals surface area contributed by atoms with E-state index in [9.17, 15) is 0 Å². The van der Waals surface area contributed by atoms with Crippen LogP contribution >= 0.6 is 24.8 Å². The lowest BCUT2D eigenvalue weighted by Gasteiger charge is -1.97. The minimum atomic E-state index is 0.481. The minimum absolute atomic E-state index is 0.481. The number of benzene rings is 1. The van der Waals surface area contributed by atoms with Crippen LogP contribution in [0.25, 0.3) is 10.9 Å². The van der Waals surface area contributed by atoms with Crippen molar-refractivity contribution >= 4 is 35.7 Å². The number of hydrogen-bond acceptors (Lipinski definition) is 4. The van der Waals surface area contributed by atoms with E-state index in [4.69, 9.17) is 12.2 Å². The number of aromatic nitrogens is 3. The molecule has 2 rings (SSSR count). The summed E-state index contributed by atoms with van der Waals surface area (Å²) in [6, 6.07) is 5.65. The van der Waals surface area contributed by atoms with E-state index in [2.05, 4.69) is 28.0 Å². The third kappa shape index (κ3) is 1.11. The topological polar surface area (TPSA) is 41.6 Å². The molecule has 0 bridgehead atoms. The summed E-state index contributed by atoms with van der Waals surface area (Å²) in [6.45, 7) is 0. The van der Waals surface area contributed by atoms with E-state index >= 15 is 0 Å². The number of nitrogens with one attached hydrogen (secondary N) is 1. The maximum atomic E-state index is 5.00. The van der Waals surface area contributed by atoms with Gasteiger partial charge in [0.1, 0.15) is 0 Å². The molecule has 0 fully saturated rings. The van der Waals surface area contributed by atoms with E-state index in [1.54, 1.807) is 0 Å². The fraction of sp³-hybridized carbons (Fsp3) is 0. The number of fused-ring (bicyclic) bond motifs is 1. The predicted octanol–water partition coefficient (Wildman–Crippen LogP) is 1.98. The van der Waals surface area contributed by atoms with Crippen molar-refractivity contribution in [3.8, 4) is 0 Å². The van der Waals surface area contributed by atoms with Gasteiger partial charge in [0.2, 0.25) is 0 Å². The first kappa shape index (κ1) is 7.70. The molecule has 0 unspecified atom stereocenters. The van der Waals surface area contributed by atoms with Gasteiger partial charge in [-0.2, -0.15) is 0 Å². The van der Waals surface area contributed by atoms with Crippen molar-refractivity contribution in [2.24, 2.45) is 0 Å². The molecule has 1 aromatic heterocycles. The molecule has 1 aromatic carbocycles. The molecule has 2 aromatic rings. The maximum Gasteiger partial charge on any atom is 0.160 e. The zero-order valence-electron chi connectivity index (χ0n) is 5.98. The van der Waals surface area contributed by atoms with Crippen molar-refractivity contribution in [3.63, 3.8) is 0 Å². The highest BCUT2D eigenvalue weighted by Gasteiger charge is 1.99. The fourth-order valence-electron chi connectivity index (χ4n) is 1.03. The van der Waals surface area contributed by atoms with Crippen LogP contribution in [0, 0.1) is 4.64 Å². The number of thiol groups is 1. The van der Waals surface area contributed by atoms with Crippen molar-refractivity contribution < 1.29 is 0 Å². The van der Waals surface area contributed by atoms with Crippen LogP contribution in [0.3, 0.4) is 0 Å². The summed E-state index contributed by atoms with van der Waals surface area (Å²) < 4.78 is 0.481. The molecule has 5 heteroatoms. The molecule has 3 nitrogen and oxygen atoms in total. The van der Waals surface area contributed by atoms with Gasteiger partial charge in [-0.05, 0) is 12.1 Å². The van der Waals surface area contributed by atoms with Crippen LogP contribution < -0.4 is 0 Å². The van der Waals surface area contributed by atoms with E-state index in [1.807, 2.05) is 18.2 Å². The zero-order chi connectivity index (χ0) is 8.55. The maximum absolute atomic E-state index is 5.00. The van der Waals surface area contributed by atoms with Crippen molar-refractivity contribution in [2.75, 3.05) is 0 Å². The monoisotopic (exact) mass is 195 g/mol. The average Bonchev–Trinajstić information content (AvgIpc) is 2.04. The Bertz CT molecular complexity index is 472. The van der Waals surface area contributed by atoms with Crippen molar-refractivity contribution in [2.45, 2.75) is 4.90 Å². The Morgan fingerprint density at radius 3 is 3.00 bits per heavy atom. The molecule has 0 aliphatic rings. The molecule has 0 saturated carbocycles. The van der Waals surface area contributed by atoms with Gasteiger partial charge in [-0.1, -0.05) is 23.5 Å². The normalized spacial score (nSPS) is 10.4. The second-order valence-corrected chi connectivity index (χ2v) is 3.19. The van der Waals surface area contributed by atoms with Crippen LogP contribution in [0.1, 0.15) is 0 Å². The molecule has 1 heterocycles. The van der Waals surface area contributed by atoms with Gasteiger partial charge in [-0.15, -0.1) is 17.7 Å². The number of hydrogen-bond donors (Lipinski definition) is 2. The second-order valence-electron chi connectivity index (χ2n) is 2.32. The van der Waals surface area contributed by atoms with E-state index in [0.717, 1.165) is 15.8 Å². The van der Waals surface area contributed by atoms with Crippen LogP contribution in [0.5, 0.6) is 0 Å². The summed E-state index contributed by atoms with van der Waals surface area (Å²) >= 11 is 9.26. The summed E-state index contributed by atoms with van der Waals surface area (Å²) in [7, 11) is 0. The molecule has 0 spiro atoms. The summed E-state index contributed by atoms with van der Waals surface area (Å²) in [4.78, 5) is 0.823. The van der Waals surface area contributed by atoms with Gasteiger partial charge in [0.15, 0.2) is 4.64 Å². The lowest BCUT2D eigenvalue weighted by Crippen LogP contribution is -1.89. The Labute approximate surface area is 79.2 Å². The fourth-order valence-corrected chi connectivity index (χ4v) is 1.68. The van der Waals surface area contributed by atoms with Crippen LogP contribution in [0.15, 0.2) is 23.1 Å². The van der Waals surface area contributed by atoms with Gasteiger partial charge in [0, 0.05) is 4.90 Å². The second kappa shape index (κ2) is 2.84. The Balaban J connectivity index is 3.07. The molecule has 0 atom stereocenters. The molecule has 60 valence electrons. The van der Waals surface area contributed by atoms with Crippen LogP contribution in [-0.2, 0) is 0 Å². The molecule has 0 amide bonds. The van der Waals surface area contributed by atoms with Crippen LogP contribution in [0.2, 0.25) is 0 Å². The lowest BCUT2D eigenvalue weighted by molar-refractivity contribution is 0.885. The summed E-state index contributed by atoms with van der Waals surface area (Å²) in [5.74, 6) is 0. The van der Waals surface area contributed by atoms with Crippen LogP contribution in [-0.4, -0.2) is 15.4 Å². The van der Waals surface area contributed by atoms with Gasteiger partial charge in [0.25, 0.3) is 0 Å².